The topological polar surface area (TPSA) is 77.8 Å². The van der Waals surface area contributed by atoms with Gasteiger partial charge >= 0.3 is 5.97 Å². The van der Waals surface area contributed by atoms with Crippen LogP contribution in [0.1, 0.15) is 39.0 Å². The second-order valence-corrected chi connectivity index (χ2v) is 4.66. The maximum atomic E-state index is 11.7. The largest absolute Gasteiger partial charge is 0.481 e. The minimum absolute atomic E-state index is 0.0238. The van der Waals surface area contributed by atoms with Crippen molar-refractivity contribution in [3.8, 4) is 0 Å². The van der Waals surface area contributed by atoms with Gasteiger partial charge in [-0.1, -0.05) is 0 Å². The summed E-state index contributed by atoms with van der Waals surface area (Å²) < 4.78 is 0. The van der Waals surface area contributed by atoms with Crippen LogP contribution in [0.3, 0.4) is 0 Å². The molecule has 1 heterocycles. The van der Waals surface area contributed by atoms with Gasteiger partial charge in [-0.15, -0.1) is 0 Å². The minimum Gasteiger partial charge on any atom is -0.481 e. The number of hydrogen-bond donors (Lipinski definition) is 2. The SMILES string of the molecule is CC1(O)CCCN(C(=O)CCCC(=O)O)C1. The fourth-order valence-electron chi connectivity index (χ4n) is 1.98. The lowest BCUT2D eigenvalue weighted by molar-refractivity contribution is -0.139. The molecule has 1 unspecified atom stereocenters. The Morgan fingerprint density at radius 2 is 2.06 bits per heavy atom. The van der Waals surface area contributed by atoms with Crippen LogP contribution in [0.4, 0.5) is 0 Å². The van der Waals surface area contributed by atoms with Crippen molar-refractivity contribution < 1.29 is 19.8 Å². The van der Waals surface area contributed by atoms with E-state index in [1.54, 1.807) is 11.8 Å². The van der Waals surface area contributed by atoms with Gasteiger partial charge in [0.05, 0.1) is 5.60 Å². The highest BCUT2D eigenvalue weighted by Gasteiger charge is 2.30. The fourth-order valence-corrected chi connectivity index (χ4v) is 1.98. The number of carboxylic acids is 1. The highest BCUT2D eigenvalue weighted by Crippen LogP contribution is 2.21. The average molecular weight is 229 g/mol. The number of likely N-dealkylation sites (tertiary alicyclic amines) is 1. The smallest absolute Gasteiger partial charge is 0.303 e. The number of amides is 1. The standard InChI is InChI=1S/C11H19NO4/c1-11(16)6-3-7-12(8-11)9(13)4-2-5-10(14)15/h16H,2-8H2,1H3,(H,14,15). The monoisotopic (exact) mass is 229 g/mol. The average Bonchev–Trinajstić information content (AvgIpc) is 2.15. The zero-order valence-corrected chi connectivity index (χ0v) is 9.61. The number of carboxylic acid groups (broad SMARTS) is 1. The highest BCUT2D eigenvalue weighted by atomic mass is 16.4. The van der Waals surface area contributed by atoms with Crippen LogP contribution in [0.5, 0.6) is 0 Å². The number of nitrogens with zero attached hydrogens (tertiary/aromatic N) is 1. The molecule has 2 N–H and O–H groups in total. The van der Waals surface area contributed by atoms with Crippen molar-refractivity contribution in [1.29, 1.82) is 0 Å². The Morgan fingerprint density at radius 1 is 1.38 bits per heavy atom. The molecule has 0 aromatic rings. The Morgan fingerprint density at radius 3 is 2.62 bits per heavy atom. The third-order valence-electron chi connectivity index (χ3n) is 2.81. The van der Waals surface area contributed by atoms with E-state index >= 15 is 0 Å². The van der Waals surface area contributed by atoms with Crippen LogP contribution in [-0.2, 0) is 9.59 Å². The van der Waals surface area contributed by atoms with Gasteiger partial charge in [-0.2, -0.15) is 0 Å². The van der Waals surface area contributed by atoms with E-state index in [0.29, 0.717) is 25.9 Å². The Kier molecular flexibility index (Phi) is 4.29. The Hall–Kier alpha value is -1.10. The summed E-state index contributed by atoms with van der Waals surface area (Å²) in [6.45, 7) is 2.75. The first-order valence-corrected chi connectivity index (χ1v) is 5.63. The second kappa shape index (κ2) is 5.30. The molecule has 5 heteroatoms. The van der Waals surface area contributed by atoms with Gasteiger partial charge < -0.3 is 15.1 Å². The van der Waals surface area contributed by atoms with Crippen molar-refractivity contribution in [3.05, 3.63) is 0 Å². The van der Waals surface area contributed by atoms with Crippen molar-refractivity contribution in [1.82, 2.24) is 4.90 Å². The maximum Gasteiger partial charge on any atom is 0.303 e. The van der Waals surface area contributed by atoms with Crippen molar-refractivity contribution in [2.24, 2.45) is 0 Å². The molecule has 16 heavy (non-hydrogen) atoms. The predicted molar refractivity (Wildman–Crippen MR) is 57.9 cm³/mol. The normalized spacial score (nSPS) is 25.5. The van der Waals surface area contributed by atoms with E-state index in [4.69, 9.17) is 5.11 Å². The predicted octanol–water partition coefficient (Wildman–Crippen LogP) is 0.615. The first-order valence-electron chi connectivity index (χ1n) is 5.63. The molecule has 1 atom stereocenters. The van der Waals surface area contributed by atoms with E-state index in [2.05, 4.69) is 0 Å². The highest BCUT2D eigenvalue weighted by molar-refractivity contribution is 5.77. The summed E-state index contributed by atoms with van der Waals surface area (Å²) in [6, 6.07) is 0. The van der Waals surface area contributed by atoms with Gasteiger partial charge in [0.25, 0.3) is 0 Å². The molecule has 0 aliphatic carbocycles. The summed E-state index contributed by atoms with van der Waals surface area (Å²) in [5, 5.41) is 18.3. The van der Waals surface area contributed by atoms with Crippen LogP contribution < -0.4 is 0 Å². The van der Waals surface area contributed by atoms with Crippen molar-refractivity contribution in [3.63, 3.8) is 0 Å². The van der Waals surface area contributed by atoms with E-state index in [9.17, 15) is 14.7 Å². The van der Waals surface area contributed by atoms with E-state index < -0.39 is 11.6 Å². The van der Waals surface area contributed by atoms with E-state index in [1.165, 1.54) is 0 Å². The summed E-state index contributed by atoms with van der Waals surface area (Å²) in [5.74, 6) is -0.931. The minimum atomic E-state index is -0.876. The van der Waals surface area contributed by atoms with Gasteiger partial charge in [0, 0.05) is 25.9 Å². The molecule has 0 radical (unpaired) electrons. The molecule has 1 aliphatic heterocycles. The molecule has 1 rings (SSSR count). The first-order chi connectivity index (χ1) is 7.41. The summed E-state index contributed by atoms with van der Waals surface area (Å²) in [4.78, 5) is 23.6. The van der Waals surface area contributed by atoms with Crippen LogP contribution in [0.25, 0.3) is 0 Å². The van der Waals surface area contributed by atoms with Crippen LogP contribution in [-0.4, -0.2) is 45.7 Å². The Labute approximate surface area is 95.1 Å². The molecule has 1 aliphatic rings. The molecule has 5 nitrogen and oxygen atoms in total. The van der Waals surface area contributed by atoms with Gasteiger partial charge in [0.2, 0.25) is 5.91 Å². The van der Waals surface area contributed by atoms with E-state index in [1.807, 2.05) is 0 Å². The molecule has 92 valence electrons. The summed E-state index contributed by atoms with van der Waals surface area (Å²) in [5.41, 5.74) is -0.791. The number of carbonyl (C=O) groups excluding carboxylic acids is 1. The van der Waals surface area contributed by atoms with Crippen LogP contribution >= 0.6 is 0 Å². The lowest BCUT2D eigenvalue weighted by Crippen LogP contribution is -2.48. The van der Waals surface area contributed by atoms with Gasteiger partial charge in [-0.3, -0.25) is 9.59 Å². The number of β-amino-alcohol motifs (C(OH)–C–C–N with tert-alkyl or cyclic N) is 1. The number of rotatable bonds is 4. The maximum absolute atomic E-state index is 11.7. The fraction of sp³-hybridized carbons (Fsp3) is 0.818. The Bertz CT molecular complexity index is 275. The molecule has 0 bridgehead atoms. The van der Waals surface area contributed by atoms with Crippen molar-refractivity contribution in [2.45, 2.75) is 44.6 Å². The van der Waals surface area contributed by atoms with Gasteiger partial charge in [0.1, 0.15) is 0 Å². The molecule has 1 amide bonds. The lowest BCUT2D eigenvalue weighted by atomic mass is 9.95. The molecule has 0 aromatic carbocycles. The van der Waals surface area contributed by atoms with E-state index in [0.717, 1.165) is 6.42 Å². The zero-order valence-electron chi connectivity index (χ0n) is 9.61. The summed E-state index contributed by atoms with van der Waals surface area (Å²) >= 11 is 0. The molecular weight excluding hydrogens is 210 g/mol. The number of aliphatic carboxylic acids is 1. The molecule has 0 aromatic heterocycles. The van der Waals surface area contributed by atoms with Crippen LogP contribution in [0.2, 0.25) is 0 Å². The first kappa shape index (κ1) is 13.0. The van der Waals surface area contributed by atoms with Gasteiger partial charge in [0.15, 0.2) is 0 Å². The molecule has 0 saturated carbocycles. The summed E-state index contributed by atoms with van der Waals surface area (Å²) in [7, 11) is 0. The summed E-state index contributed by atoms with van der Waals surface area (Å²) in [6.07, 6.45) is 2.16. The van der Waals surface area contributed by atoms with Crippen LogP contribution in [0, 0.1) is 0 Å². The molecular formula is C11H19NO4. The third-order valence-corrected chi connectivity index (χ3v) is 2.81. The number of aliphatic hydroxyl groups is 1. The van der Waals surface area contributed by atoms with E-state index in [-0.39, 0.29) is 18.7 Å². The second-order valence-electron chi connectivity index (χ2n) is 4.66. The third kappa shape index (κ3) is 4.18. The van der Waals surface area contributed by atoms with Crippen molar-refractivity contribution in [2.75, 3.05) is 13.1 Å². The Balaban J connectivity index is 2.33. The number of carbonyl (C=O) groups is 2. The van der Waals surface area contributed by atoms with Crippen molar-refractivity contribution >= 4 is 11.9 Å². The zero-order chi connectivity index (χ0) is 12.2. The lowest BCUT2D eigenvalue weighted by Gasteiger charge is -2.36. The quantitative estimate of drug-likeness (QED) is 0.740. The number of hydrogen-bond acceptors (Lipinski definition) is 3. The van der Waals surface area contributed by atoms with Gasteiger partial charge in [-0.05, 0) is 26.2 Å². The number of piperidine rings is 1. The molecule has 1 fully saturated rings. The molecule has 0 spiro atoms. The molecule has 1 saturated heterocycles. The van der Waals surface area contributed by atoms with Crippen LogP contribution in [0.15, 0.2) is 0 Å². The van der Waals surface area contributed by atoms with Gasteiger partial charge in [-0.25, -0.2) is 0 Å².